The summed E-state index contributed by atoms with van der Waals surface area (Å²) in [5, 5.41) is 8.39. The maximum Gasteiger partial charge on any atom is 0.203 e. The van der Waals surface area contributed by atoms with E-state index < -0.39 is 13.5 Å². The number of hydrogen-bond acceptors (Lipinski definition) is 3. The van der Waals surface area contributed by atoms with Crippen LogP contribution < -0.4 is 0 Å². The molecule has 0 aliphatic carbocycles. The van der Waals surface area contributed by atoms with Gasteiger partial charge >= 0.3 is 0 Å². The Morgan fingerprint density at radius 2 is 2.00 bits per heavy atom. The fraction of sp³-hybridized carbons (Fsp3) is 0.857. The van der Waals surface area contributed by atoms with Gasteiger partial charge in [-0.2, -0.15) is 5.26 Å². The molecule has 0 aromatic rings. The normalized spacial score (nSPS) is 14.0. The Bertz CT molecular complexity index is 189. The first-order chi connectivity index (χ1) is 5.08. The van der Waals surface area contributed by atoms with Crippen LogP contribution in [0.2, 0.25) is 0 Å². The summed E-state index contributed by atoms with van der Waals surface area (Å²) in [6.07, 6.45) is 0.464. The van der Waals surface area contributed by atoms with E-state index in [1.807, 2.05) is 19.9 Å². The van der Waals surface area contributed by atoms with Gasteiger partial charge in [-0.25, -0.2) is 0 Å². The molecule has 0 radical (unpaired) electrons. The van der Waals surface area contributed by atoms with Gasteiger partial charge in [0.15, 0.2) is 0 Å². The van der Waals surface area contributed by atoms with Crippen molar-refractivity contribution in [1.82, 2.24) is 0 Å². The van der Waals surface area contributed by atoms with Gasteiger partial charge in [0.25, 0.3) is 0 Å². The second-order valence-corrected chi connectivity index (χ2v) is 5.43. The zero-order chi connectivity index (χ0) is 8.91. The monoisotopic (exact) mass is 175 g/mol. The Hall–Kier alpha value is -0.320. The molecule has 0 bridgehead atoms. The van der Waals surface area contributed by atoms with Gasteiger partial charge in [0.1, 0.15) is 6.10 Å². The zero-order valence-corrected chi connectivity index (χ0v) is 8.10. The van der Waals surface area contributed by atoms with Crippen LogP contribution in [0.5, 0.6) is 0 Å². The molecule has 0 saturated carbocycles. The largest absolute Gasteiger partial charge is 0.310 e. The van der Waals surface area contributed by atoms with Crippen LogP contribution in [0.4, 0.5) is 0 Å². The number of nitriles is 1. The van der Waals surface area contributed by atoms with Crippen molar-refractivity contribution in [3.05, 3.63) is 0 Å². The predicted octanol–water partition coefficient (Wildman–Crippen LogP) is 2.23. The summed E-state index contributed by atoms with van der Waals surface area (Å²) >= 11 is 0. The standard InChI is InChI=1S/C7H14NO2P/c1-4-11(9,5-2)10-7(3)6-8/h7H,4-5H2,1-3H3. The van der Waals surface area contributed by atoms with E-state index >= 15 is 0 Å². The van der Waals surface area contributed by atoms with Gasteiger partial charge < -0.3 is 4.52 Å². The molecule has 0 saturated heterocycles. The fourth-order valence-corrected chi connectivity index (χ4v) is 2.05. The van der Waals surface area contributed by atoms with Gasteiger partial charge in [0, 0.05) is 12.3 Å². The van der Waals surface area contributed by atoms with Crippen molar-refractivity contribution in [3.8, 4) is 6.07 Å². The lowest BCUT2D eigenvalue weighted by Gasteiger charge is -2.15. The first kappa shape index (κ1) is 10.7. The molecule has 0 N–H and O–H groups in total. The number of hydrogen-bond donors (Lipinski definition) is 0. The average molecular weight is 175 g/mol. The van der Waals surface area contributed by atoms with E-state index in [4.69, 9.17) is 9.79 Å². The number of rotatable bonds is 4. The molecule has 0 aliphatic heterocycles. The first-order valence-electron chi connectivity index (χ1n) is 3.74. The molecule has 0 rings (SSSR count). The summed E-state index contributed by atoms with van der Waals surface area (Å²) in [6, 6.07) is 1.89. The molecular weight excluding hydrogens is 161 g/mol. The molecule has 11 heavy (non-hydrogen) atoms. The minimum absolute atomic E-state index is 0.509. The minimum atomic E-state index is -2.48. The lowest BCUT2D eigenvalue weighted by Crippen LogP contribution is -2.05. The Kier molecular flexibility index (Phi) is 4.40. The van der Waals surface area contributed by atoms with Crippen molar-refractivity contribution < 1.29 is 9.09 Å². The third-order valence-electron chi connectivity index (χ3n) is 1.50. The van der Waals surface area contributed by atoms with Crippen LogP contribution in [0.1, 0.15) is 20.8 Å². The van der Waals surface area contributed by atoms with E-state index in [9.17, 15) is 4.57 Å². The van der Waals surface area contributed by atoms with Gasteiger partial charge in [-0.3, -0.25) is 4.57 Å². The molecule has 0 aromatic carbocycles. The second kappa shape index (κ2) is 4.54. The van der Waals surface area contributed by atoms with Crippen molar-refractivity contribution in [3.63, 3.8) is 0 Å². The lowest BCUT2D eigenvalue weighted by molar-refractivity contribution is 0.277. The molecule has 0 spiro atoms. The van der Waals surface area contributed by atoms with Crippen LogP contribution >= 0.6 is 7.37 Å². The molecule has 0 heterocycles. The van der Waals surface area contributed by atoms with Gasteiger partial charge in [0.05, 0.1) is 6.07 Å². The summed E-state index contributed by atoms with van der Waals surface area (Å²) in [5.41, 5.74) is 0. The second-order valence-electron chi connectivity index (χ2n) is 2.32. The quantitative estimate of drug-likeness (QED) is 0.615. The van der Waals surface area contributed by atoms with Crippen LogP contribution in [0.25, 0.3) is 0 Å². The maximum absolute atomic E-state index is 11.5. The van der Waals surface area contributed by atoms with Crippen LogP contribution in [0, 0.1) is 11.3 Å². The smallest absolute Gasteiger partial charge is 0.203 e. The molecule has 64 valence electrons. The summed E-state index contributed by atoms with van der Waals surface area (Å²) in [5.74, 6) is 0. The fourth-order valence-electron chi connectivity index (χ4n) is 0.684. The van der Waals surface area contributed by atoms with Crippen LogP contribution in [-0.2, 0) is 9.09 Å². The molecule has 0 aliphatic rings. The molecule has 0 amide bonds. The molecule has 4 heteroatoms. The highest BCUT2D eigenvalue weighted by molar-refractivity contribution is 7.58. The topological polar surface area (TPSA) is 50.1 Å². The molecule has 1 atom stereocenters. The Morgan fingerprint density at radius 3 is 2.27 bits per heavy atom. The van der Waals surface area contributed by atoms with E-state index in [2.05, 4.69) is 0 Å². The van der Waals surface area contributed by atoms with Gasteiger partial charge in [0.2, 0.25) is 7.37 Å². The van der Waals surface area contributed by atoms with Crippen LogP contribution in [-0.4, -0.2) is 18.4 Å². The van der Waals surface area contributed by atoms with E-state index in [0.717, 1.165) is 0 Å². The predicted molar refractivity (Wildman–Crippen MR) is 44.8 cm³/mol. The summed E-state index contributed by atoms with van der Waals surface area (Å²) in [7, 11) is -2.48. The molecule has 3 nitrogen and oxygen atoms in total. The van der Waals surface area contributed by atoms with Gasteiger partial charge in [-0.05, 0) is 6.92 Å². The minimum Gasteiger partial charge on any atom is -0.310 e. The summed E-state index contributed by atoms with van der Waals surface area (Å²) in [4.78, 5) is 0. The Morgan fingerprint density at radius 1 is 1.55 bits per heavy atom. The van der Waals surface area contributed by atoms with E-state index in [0.29, 0.717) is 12.3 Å². The third kappa shape index (κ3) is 3.55. The van der Waals surface area contributed by atoms with Crippen molar-refractivity contribution in [2.24, 2.45) is 0 Å². The first-order valence-corrected chi connectivity index (χ1v) is 5.73. The third-order valence-corrected chi connectivity index (χ3v) is 4.12. The van der Waals surface area contributed by atoms with Crippen molar-refractivity contribution in [2.45, 2.75) is 26.9 Å². The molecule has 0 aromatic heterocycles. The van der Waals surface area contributed by atoms with E-state index in [1.54, 1.807) is 6.92 Å². The Labute approximate surface area is 67.8 Å². The summed E-state index contributed by atoms with van der Waals surface area (Å²) < 4.78 is 16.6. The summed E-state index contributed by atoms with van der Waals surface area (Å²) in [6.45, 7) is 5.24. The Balaban J connectivity index is 4.11. The highest BCUT2D eigenvalue weighted by Crippen LogP contribution is 2.46. The van der Waals surface area contributed by atoms with Crippen molar-refractivity contribution >= 4 is 7.37 Å². The SMILES string of the molecule is CCP(=O)(CC)OC(C)C#N. The van der Waals surface area contributed by atoms with Crippen LogP contribution in [0.3, 0.4) is 0 Å². The van der Waals surface area contributed by atoms with Crippen LogP contribution in [0.15, 0.2) is 0 Å². The zero-order valence-electron chi connectivity index (χ0n) is 7.20. The van der Waals surface area contributed by atoms with Gasteiger partial charge in [-0.1, -0.05) is 13.8 Å². The van der Waals surface area contributed by atoms with E-state index in [-0.39, 0.29) is 0 Å². The highest BCUT2D eigenvalue weighted by atomic mass is 31.2. The maximum atomic E-state index is 11.5. The number of nitrogens with zero attached hydrogens (tertiary/aromatic N) is 1. The van der Waals surface area contributed by atoms with Crippen molar-refractivity contribution in [2.75, 3.05) is 12.3 Å². The highest BCUT2D eigenvalue weighted by Gasteiger charge is 2.20. The van der Waals surface area contributed by atoms with Crippen molar-refractivity contribution in [1.29, 1.82) is 5.26 Å². The van der Waals surface area contributed by atoms with Gasteiger partial charge in [-0.15, -0.1) is 0 Å². The molecule has 0 fully saturated rings. The van der Waals surface area contributed by atoms with E-state index in [1.165, 1.54) is 0 Å². The molecular formula is C7H14NO2P. The molecule has 1 unspecified atom stereocenters. The average Bonchev–Trinajstić information content (AvgIpc) is 2.04. The lowest BCUT2D eigenvalue weighted by atomic mass is 10.5.